The van der Waals surface area contributed by atoms with E-state index in [-0.39, 0.29) is 22.2 Å². The lowest BCUT2D eigenvalue weighted by Gasteiger charge is -2.07. The summed E-state index contributed by atoms with van der Waals surface area (Å²) in [6.45, 7) is 7.30. The van der Waals surface area contributed by atoms with Crippen LogP contribution < -0.4 is 4.72 Å². The SMILES string of the molecule is Cc1csc(C)c1S(=O)(=O)Nc1n[nH]c(C(C)C)c1C#N. The molecule has 0 aliphatic heterocycles. The third kappa shape index (κ3) is 2.80. The van der Waals surface area contributed by atoms with Gasteiger partial charge in [-0.3, -0.25) is 9.82 Å². The number of aryl methyl sites for hydroxylation is 2. The molecule has 2 aromatic rings. The molecule has 0 aliphatic rings. The van der Waals surface area contributed by atoms with Crippen LogP contribution in [-0.2, 0) is 10.0 Å². The Hall–Kier alpha value is -1.85. The molecule has 0 saturated heterocycles. The summed E-state index contributed by atoms with van der Waals surface area (Å²) in [5.41, 5.74) is 1.54. The molecule has 0 radical (unpaired) electrons. The van der Waals surface area contributed by atoms with Gasteiger partial charge in [0.25, 0.3) is 10.0 Å². The molecule has 0 aromatic carbocycles. The van der Waals surface area contributed by atoms with Gasteiger partial charge in [-0.05, 0) is 30.7 Å². The maximum absolute atomic E-state index is 12.5. The van der Waals surface area contributed by atoms with Crippen LogP contribution in [0.15, 0.2) is 10.3 Å². The summed E-state index contributed by atoms with van der Waals surface area (Å²) in [6.07, 6.45) is 0. The first-order valence-electron chi connectivity index (χ1n) is 6.33. The van der Waals surface area contributed by atoms with Crippen LogP contribution in [-0.4, -0.2) is 18.6 Å². The summed E-state index contributed by atoms with van der Waals surface area (Å²) in [6, 6.07) is 2.00. The van der Waals surface area contributed by atoms with E-state index in [0.29, 0.717) is 16.1 Å². The third-order valence-electron chi connectivity index (χ3n) is 3.07. The minimum absolute atomic E-state index is 0.0474. The molecular formula is C13H16N4O2S2. The van der Waals surface area contributed by atoms with Crippen LogP contribution in [0.4, 0.5) is 5.82 Å². The van der Waals surface area contributed by atoms with Crippen molar-refractivity contribution in [1.29, 1.82) is 5.26 Å². The zero-order chi connectivity index (χ0) is 15.8. The number of H-pyrrole nitrogens is 1. The van der Waals surface area contributed by atoms with Crippen molar-refractivity contribution in [2.75, 3.05) is 4.72 Å². The van der Waals surface area contributed by atoms with Gasteiger partial charge in [-0.15, -0.1) is 11.3 Å². The maximum atomic E-state index is 12.5. The Bertz CT molecular complexity index is 790. The van der Waals surface area contributed by atoms with Crippen molar-refractivity contribution in [3.05, 3.63) is 27.1 Å². The zero-order valence-corrected chi connectivity index (χ0v) is 13.8. The van der Waals surface area contributed by atoms with E-state index in [1.165, 1.54) is 11.3 Å². The summed E-state index contributed by atoms with van der Waals surface area (Å²) in [5.74, 6) is 0.0984. The van der Waals surface area contributed by atoms with Gasteiger partial charge in [0, 0.05) is 4.88 Å². The van der Waals surface area contributed by atoms with Crippen molar-refractivity contribution in [1.82, 2.24) is 10.2 Å². The molecule has 112 valence electrons. The standard InChI is InChI=1S/C13H16N4O2S2/c1-7(2)11-10(5-14)13(16-15-11)17-21(18,19)12-8(3)6-20-9(12)4/h6-7H,1-4H3,(H2,15,16,17). The van der Waals surface area contributed by atoms with Crippen LogP contribution in [0.5, 0.6) is 0 Å². The van der Waals surface area contributed by atoms with Gasteiger partial charge >= 0.3 is 0 Å². The average molecular weight is 324 g/mol. The fourth-order valence-corrected chi connectivity index (χ4v) is 4.75. The number of hydrogen-bond donors (Lipinski definition) is 2. The van der Waals surface area contributed by atoms with Gasteiger partial charge in [0.1, 0.15) is 16.5 Å². The fraction of sp³-hybridized carbons (Fsp3) is 0.385. The lowest BCUT2D eigenvalue weighted by molar-refractivity contribution is 0.600. The van der Waals surface area contributed by atoms with Crippen molar-refractivity contribution in [3.63, 3.8) is 0 Å². The number of nitriles is 1. The highest BCUT2D eigenvalue weighted by atomic mass is 32.2. The van der Waals surface area contributed by atoms with Crippen molar-refractivity contribution in [3.8, 4) is 6.07 Å². The molecule has 8 heteroatoms. The van der Waals surface area contributed by atoms with E-state index in [2.05, 4.69) is 14.9 Å². The molecule has 0 saturated carbocycles. The molecule has 0 bridgehead atoms. The monoisotopic (exact) mass is 324 g/mol. The fourth-order valence-electron chi connectivity index (χ4n) is 2.10. The molecule has 0 unspecified atom stereocenters. The molecule has 0 atom stereocenters. The number of nitrogens with zero attached hydrogens (tertiary/aromatic N) is 2. The van der Waals surface area contributed by atoms with Crippen LogP contribution in [0.3, 0.4) is 0 Å². The molecule has 2 N–H and O–H groups in total. The smallest absolute Gasteiger partial charge is 0.264 e. The second kappa shape index (κ2) is 5.50. The second-order valence-electron chi connectivity index (χ2n) is 5.04. The first-order valence-corrected chi connectivity index (χ1v) is 8.70. The van der Waals surface area contributed by atoms with Gasteiger partial charge < -0.3 is 0 Å². The summed E-state index contributed by atoms with van der Waals surface area (Å²) < 4.78 is 27.4. The number of rotatable bonds is 4. The highest BCUT2D eigenvalue weighted by Crippen LogP contribution is 2.29. The Balaban J connectivity index is 2.46. The van der Waals surface area contributed by atoms with Gasteiger partial charge in [-0.1, -0.05) is 13.8 Å². The van der Waals surface area contributed by atoms with E-state index in [9.17, 15) is 13.7 Å². The Morgan fingerprint density at radius 3 is 2.57 bits per heavy atom. The number of aromatic amines is 1. The van der Waals surface area contributed by atoms with Crippen molar-refractivity contribution >= 4 is 27.2 Å². The quantitative estimate of drug-likeness (QED) is 0.903. The van der Waals surface area contributed by atoms with Crippen molar-refractivity contribution in [2.24, 2.45) is 0 Å². The van der Waals surface area contributed by atoms with Crippen LogP contribution in [0.1, 0.15) is 41.5 Å². The average Bonchev–Trinajstić information content (AvgIpc) is 2.92. The van der Waals surface area contributed by atoms with Crippen molar-refractivity contribution in [2.45, 2.75) is 38.5 Å². The van der Waals surface area contributed by atoms with Crippen LogP contribution in [0.25, 0.3) is 0 Å². The lowest BCUT2D eigenvalue weighted by Crippen LogP contribution is -2.15. The summed E-state index contributed by atoms with van der Waals surface area (Å²) in [7, 11) is -3.75. The predicted molar refractivity (Wildman–Crippen MR) is 82.0 cm³/mol. The first-order chi connectivity index (χ1) is 9.77. The number of sulfonamides is 1. The minimum Gasteiger partial charge on any atom is -0.279 e. The van der Waals surface area contributed by atoms with E-state index in [4.69, 9.17) is 0 Å². The molecule has 6 nitrogen and oxygen atoms in total. The summed E-state index contributed by atoms with van der Waals surface area (Å²) >= 11 is 1.38. The Morgan fingerprint density at radius 2 is 2.10 bits per heavy atom. The first kappa shape index (κ1) is 15.5. The predicted octanol–water partition coefficient (Wildman–Crippen LogP) is 2.88. The lowest BCUT2D eigenvalue weighted by atomic mass is 10.1. The Morgan fingerprint density at radius 1 is 1.43 bits per heavy atom. The minimum atomic E-state index is -3.75. The number of thiophene rings is 1. The largest absolute Gasteiger partial charge is 0.279 e. The highest BCUT2D eigenvalue weighted by Gasteiger charge is 2.25. The van der Waals surface area contributed by atoms with E-state index < -0.39 is 10.0 Å². The Kier molecular flexibility index (Phi) is 4.07. The summed E-state index contributed by atoms with van der Waals surface area (Å²) in [5, 5.41) is 17.7. The van der Waals surface area contributed by atoms with E-state index in [1.807, 2.05) is 19.9 Å². The third-order valence-corrected chi connectivity index (χ3v) is 5.86. The molecule has 0 aliphatic carbocycles. The van der Waals surface area contributed by atoms with Gasteiger partial charge in [-0.25, -0.2) is 8.42 Å². The number of anilines is 1. The van der Waals surface area contributed by atoms with Gasteiger partial charge in [0.05, 0.1) is 5.69 Å². The van der Waals surface area contributed by atoms with Gasteiger partial charge in [0.2, 0.25) is 0 Å². The zero-order valence-electron chi connectivity index (χ0n) is 12.2. The molecule has 21 heavy (non-hydrogen) atoms. The molecule has 2 rings (SSSR count). The number of nitrogens with one attached hydrogen (secondary N) is 2. The molecule has 2 aromatic heterocycles. The number of aromatic nitrogens is 2. The number of hydrogen-bond acceptors (Lipinski definition) is 5. The molecule has 0 amide bonds. The van der Waals surface area contributed by atoms with Crippen molar-refractivity contribution < 1.29 is 8.42 Å². The molecule has 0 fully saturated rings. The summed E-state index contributed by atoms with van der Waals surface area (Å²) in [4.78, 5) is 0.962. The molecule has 2 heterocycles. The van der Waals surface area contributed by atoms with Crippen LogP contribution in [0, 0.1) is 25.2 Å². The van der Waals surface area contributed by atoms with Crippen LogP contribution in [0.2, 0.25) is 0 Å². The Labute approximate surface area is 127 Å². The second-order valence-corrected chi connectivity index (χ2v) is 7.74. The van der Waals surface area contributed by atoms with Crippen LogP contribution >= 0.6 is 11.3 Å². The van der Waals surface area contributed by atoms with Gasteiger partial charge in [0.15, 0.2) is 5.82 Å². The van der Waals surface area contributed by atoms with E-state index in [1.54, 1.807) is 19.2 Å². The topological polar surface area (TPSA) is 98.6 Å². The van der Waals surface area contributed by atoms with E-state index in [0.717, 1.165) is 0 Å². The highest BCUT2D eigenvalue weighted by molar-refractivity contribution is 7.93. The maximum Gasteiger partial charge on any atom is 0.264 e. The molecular weight excluding hydrogens is 308 g/mol. The van der Waals surface area contributed by atoms with Gasteiger partial charge in [-0.2, -0.15) is 10.4 Å². The normalized spacial score (nSPS) is 11.6. The van der Waals surface area contributed by atoms with E-state index >= 15 is 0 Å². The molecule has 0 spiro atoms.